The molecule has 1 saturated carbocycles. The van der Waals surface area contributed by atoms with Gasteiger partial charge in [0.1, 0.15) is 5.75 Å². The van der Waals surface area contributed by atoms with Crippen molar-refractivity contribution in [1.29, 1.82) is 0 Å². The number of nitrogens with zero attached hydrogens (tertiary/aromatic N) is 2. The first-order chi connectivity index (χ1) is 12.1. The minimum absolute atomic E-state index is 0. The van der Waals surface area contributed by atoms with Crippen molar-refractivity contribution >= 4 is 18.3 Å². The summed E-state index contributed by atoms with van der Waals surface area (Å²) >= 11 is 0. The Morgan fingerprint density at radius 1 is 1.15 bits per heavy atom. The van der Waals surface area contributed by atoms with E-state index in [2.05, 4.69) is 22.2 Å². The number of rotatable bonds is 5. The normalized spacial score (nSPS) is 20.8. The first-order valence-corrected chi connectivity index (χ1v) is 9.49. The molecule has 5 nitrogen and oxygen atoms in total. The van der Waals surface area contributed by atoms with E-state index in [4.69, 9.17) is 4.74 Å². The second kappa shape index (κ2) is 9.58. The second-order valence-electron chi connectivity index (χ2n) is 7.49. The fourth-order valence-corrected chi connectivity index (χ4v) is 4.21. The summed E-state index contributed by atoms with van der Waals surface area (Å²) in [6, 6.07) is 7.38. The smallest absolute Gasteiger partial charge is 0.251 e. The van der Waals surface area contributed by atoms with Crippen LogP contribution >= 0.6 is 12.4 Å². The van der Waals surface area contributed by atoms with Crippen molar-refractivity contribution in [2.24, 2.45) is 0 Å². The highest BCUT2D eigenvalue weighted by Gasteiger charge is 2.39. The third-order valence-corrected chi connectivity index (χ3v) is 5.87. The van der Waals surface area contributed by atoms with E-state index in [0.29, 0.717) is 5.56 Å². The average Bonchev–Trinajstić information content (AvgIpc) is 2.67. The Kier molecular flexibility index (Phi) is 7.74. The molecule has 1 N–H and O–H groups in total. The SMILES string of the molecule is COc1cccc(C(=O)NCC2(N3CCN(C)CC3)CCCCC2)c1.Cl. The van der Waals surface area contributed by atoms with Crippen molar-refractivity contribution in [3.63, 3.8) is 0 Å². The summed E-state index contributed by atoms with van der Waals surface area (Å²) in [5.41, 5.74) is 0.803. The molecule has 2 aliphatic rings. The number of likely N-dealkylation sites (N-methyl/N-ethyl adjacent to an activating group) is 1. The highest BCUT2D eigenvalue weighted by Crippen LogP contribution is 2.34. The fourth-order valence-electron chi connectivity index (χ4n) is 4.21. The number of piperazine rings is 1. The summed E-state index contributed by atoms with van der Waals surface area (Å²) in [4.78, 5) is 17.7. The van der Waals surface area contributed by atoms with Crippen LogP contribution < -0.4 is 10.1 Å². The summed E-state index contributed by atoms with van der Waals surface area (Å²) in [5, 5.41) is 3.22. The Balaban J connectivity index is 0.00000243. The molecule has 6 heteroatoms. The van der Waals surface area contributed by atoms with Crippen LogP contribution in [0.2, 0.25) is 0 Å². The molecule has 1 aliphatic heterocycles. The fraction of sp³-hybridized carbons (Fsp3) is 0.650. The zero-order chi connectivity index (χ0) is 17.7. The van der Waals surface area contributed by atoms with Crippen LogP contribution in [-0.2, 0) is 0 Å². The van der Waals surface area contributed by atoms with Gasteiger partial charge in [-0.05, 0) is 38.1 Å². The number of methoxy groups -OCH3 is 1. The van der Waals surface area contributed by atoms with Crippen molar-refractivity contribution in [2.75, 3.05) is 46.9 Å². The third-order valence-electron chi connectivity index (χ3n) is 5.87. The molecule has 0 radical (unpaired) electrons. The molecular formula is C20H32ClN3O2. The van der Waals surface area contributed by atoms with E-state index in [1.54, 1.807) is 13.2 Å². The van der Waals surface area contributed by atoms with Gasteiger partial charge in [-0.15, -0.1) is 12.4 Å². The molecule has 0 atom stereocenters. The summed E-state index contributed by atoms with van der Waals surface area (Å²) < 4.78 is 5.23. The van der Waals surface area contributed by atoms with Gasteiger partial charge in [0.2, 0.25) is 0 Å². The quantitative estimate of drug-likeness (QED) is 0.851. The predicted molar refractivity (Wildman–Crippen MR) is 107 cm³/mol. The maximum Gasteiger partial charge on any atom is 0.251 e. The first-order valence-electron chi connectivity index (χ1n) is 9.49. The highest BCUT2D eigenvalue weighted by molar-refractivity contribution is 5.94. The Bertz CT molecular complexity index is 582. The summed E-state index contributed by atoms with van der Waals surface area (Å²) in [6.45, 7) is 5.18. The van der Waals surface area contributed by atoms with Crippen LogP contribution in [0.4, 0.5) is 0 Å². The van der Waals surface area contributed by atoms with Gasteiger partial charge in [-0.3, -0.25) is 9.69 Å². The molecule has 0 unspecified atom stereocenters. The van der Waals surface area contributed by atoms with Crippen LogP contribution in [0.25, 0.3) is 0 Å². The maximum absolute atomic E-state index is 12.6. The van der Waals surface area contributed by atoms with Crippen LogP contribution in [0.5, 0.6) is 5.75 Å². The molecule has 1 heterocycles. The van der Waals surface area contributed by atoms with E-state index in [1.165, 1.54) is 32.1 Å². The Hall–Kier alpha value is -1.30. The number of halogens is 1. The van der Waals surface area contributed by atoms with E-state index in [9.17, 15) is 4.79 Å². The summed E-state index contributed by atoms with van der Waals surface area (Å²) in [5.74, 6) is 0.720. The van der Waals surface area contributed by atoms with Gasteiger partial charge in [0.05, 0.1) is 7.11 Å². The van der Waals surface area contributed by atoms with Gasteiger partial charge < -0.3 is 15.0 Å². The molecule has 1 aliphatic carbocycles. The average molecular weight is 382 g/mol. The Morgan fingerprint density at radius 2 is 1.85 bits per heavy atom. The van der Waals surface area contributed by atoms with Gasteiger partial charge in [-0.1, -0.05) is 25.3 Å². The number of amides is 1. The lowest BCUT2D eigenvalue weighted by atomic mass is 9.79. The van der Waals surface area contributed by atoms with E-state index in [1.807, 2.05) is 18.2 Å². The number of hydrogen-bond acceptors (Lipinski definition) is 4. The zero-order valence-corrected chi connectivity index (χ0v) is 16.8. The van der Waals surface area contributed by atoms with Gasteiger partial charge >= 0.3 is 0 Å². The first kappa shape index (κ1) is 21.0. The van der Waals surface area contributed by atoms with Crippen LogP contribution in [0, 0.1) is 0 Å². The molecule has 0 spiro atoms. The van der Waals surface area contributed by atoms with E-state index >= 15 is 0 Å². The molecule has 26 heavy (non-hydrogen) atoms. The predicted octanol–water partition coefficient (Wildman–Crippen LogP) is 2.80. The van der Waals surface area contributed by atoms with Gasteiger partial charge in [0.15, 0.2) is 0 Å². The number of nitrogens with one attached hydrogen (secondary N) is 1. The topological polar surface area (TPSA) is 44.8 Å². The van der Waals surface area contributed by atoms with Crippen molar-refractivity contribution in [2.45, 2.75) is 37.6 Å². The van der Waals surface area contributed by atoms with Gasteiger partial charge in [0, 0.05) is 43.8 Å². The maximum atomic E-state index is 12.6. The zero-order valence-electron chi connectivity index (χ0n) is 16.0. The van der Waals surface area contributed by atoms with Crippen LogP contribution in [0.1, 0.15) is 42.5 Å². The van der Waals surface area contributed by atoms with E-state index < -0.39 is 0 Å². The monoisotopic (exact) mass is 381 g/mol. The largest absolute Gasteiger partial charge is 0.497 e. The molecule has 146 valence electrons. The lowest BCUT2D eigenvalue weighted by Crippen LogP contribution is -2.61. The van der Waals surface area contributed by atoms with Crippen molar-refractivity contribution in [3.8, 4) is 5.75 Å². The number of hydrogen-bond donors (Lipinski definition) is 1. The molecule has 1 aromatic carbocycles. The molecule has 1 amide bonds. The molecule has 0 aromatic heterocycles. The molecule has 1 saturated heterocycles. The van der Waals surface area contributed by atoms with Gasteiger partial charge in [-0.25, -0.2) is 0 Å². The molecule has 0 bridgehead atoms. The van der Waals surface area contributed by atoms with Crippen LogP contribution in [0.3, 0.4) is 0 Å². The lowest BCUT2D eigenvalue weighted by Gasteiger charge is -2.49. The van der Waals surface area contributed by atoms with E-state index in [0.717, 1.165) is 38.5 Å². The van der Waals surface area contributed by atoms with Gasteiger partial charge in [-0.2, -0.15) is 0 Å². The summed E-state index contributed by atoms with van der Waals surface area (Å²) in [7, 11) is 3.82. The third kappa shape index (κ3) is 4.90. The lowest BCUT2D eigenvalue weighted by molar-refractivity contribution is 0.0138. The molecule has 2 fully saturated rings. The second-order valence-corrected chi connectivity index (χ2v) is 7.49. The minimum atomic E-state index is -0.00187. The minimum Gasteiger partial charge on any atom is -0.497 e. The number of benzene rings is 1. The van der Waals surface area contributed by atoms with Crippen molar-refractivity contribution in [3.05, 3.63) is 29.8 Å². The van der Waals surface area contributed by atoms with Crippen LogP contribution in [-0.4, -0.2) is 68.1 Å². The number of carbonyl (C=O) groups is 1. The standard InChI is InChI=1S/C20H31N3O2.ClH/c1-22-11-13-23(14-12-22)20(9-4-3-5-10-20)16-21-19(24)17-7-6-8-18(15-17)25-2;/h6-8,15H,3-5,9-14,16H2,1-2H3,(H,21,24);1H. The van der Waals surface area contributed by atoms with E-state index in [-0.39, 0.29) is 23.9 Å². The van der Waals surface area contributed by atoms with Crippen molar-refractivity contribution in [1.82, 2.24) is 15.1 Å². The molecule has 1 aromatic rings. The highest BCUT2D eigenvalue weighted by atomic mass is 35.5. The molecular weight excluding hydrogens is 350 g/mol. The molecule has 3 rings (SSSR count). The van der Waals surface area contributed by atoms with Crippen LogP contribution in [0.15, 0.2) is 24.3 Å². The van der Waals surface area contributed by atoms with Crippen molar-refractivity contribution < 1.29 is 9.53 Å². The van der Waals surface area contributed by atoms with Gasteiger partial charge in [0.25, 0.3) is 5.91 Å². The number of ether oxygens (including phenoxy) is 1. The Labute approximate surface area is 163 Å². The summed E-state index contributed by atoms with van der Waals surface area (Å²) in [6.07, 6.45) is 6.23. The number of carbonyl (C=O) groups excluding carboxylic acids is 1. The Morgan fingerprint density at radius 3 is 2.50 bits per heavy atom.